The number of aliphatic imine (C=N–C) groups is 1. The summed E-state index contributed by atoms with van der Waals surface area (Å²) in [4.78, 5) is 6.82. The molecule has 1 saturated heterocycles. The summed E-state index contributed by atoms with van der Waals surface area (Å²) in [5, 5.41) is 7.04. The Morgan fingerprint density at radius 1 is 1.22 bits per heavy atom. The number of rotatable bonds is 6. The summed E-state index contributed by atoms with van der Waals surface area (Å²) in [6.07, 6.45) is 6.69. The topological polar surface area (TPSA) is 39.7 Å². The minimum Gasteiger partial charge on any atom is -0.369 e. The molecule has 1 heterocycles. The lowest BCUT2D eigenvalue weighted by Gasteiger charge is -2.20. The van der Waals surface area contributed by atoms with Gasteiger partial charge in [0.25, 0.3) is 0 Å². The van der Waals surface area contributed by atoms with E-state index in [1.165, 1.54) is 36.9 Å². The average molecular weight is 314 g/mol. The van der Waals surface area contributed by atoms with Crippen molar-refractivity contribution in [3.8, 4) is 0 Å². The van der Waals surface area contributed by atoms with E-state index >= 15 is 0 Å². The molecule has 0 radical (unpaired) electrons. The third kappa shape index (κ3) is 4.88. The third-order valence-electron chi connectivity index (χ3n) is 4.93. The number of nitrogens with zero attached hydrogens (tertiary/aromatic N) is 2. The predicted octanol–water partition coefficient (Wildman–Crippen LogP) is 2.93. The number of aryl methyl sites for hydroxylation is 1. The van der Waals surface area contributed by atoms with Gasteiger partial charge in [-0.3, -0.25) is 4.99 Å². The van der Waals surface area contributed by atoms with Gasteiger partial charge < -0.3 is 15.5 Å². The SMILES string of the molecule is CN=C(NCCCC1CC1)NC1CCN(c2ccc(C)cc2)C1. The fraction of sp³-hybridized carbons (Fsp3) is 0.632. The number of anilines is 1. The molecular formula is C19H30N4. The van der Waals surface area contributed by atoms with Crippen molar-refractivity contribution >= 4 is 11.6 Å². The van der Waals surface area contributed by atoms with Gasteiger partial charge in [-0.1, -0.05) is 30.5 Å². The largest absolute Gasteiger partial charge is 0.369 e. The Morgan fingerprint density at radius 2 is 2.00 bits per heavy atom. The molecule has 1 aliphatic carbocycles. The summed E-state index contributed by atoms with van der Waals surface area (Å²) in [6.45, 7) is 5.33. The summed E-state index contributed by atoms with van der Waals surface area (Å²) < 4.78 is 0. The van der Waals surface area contributed by atoms with Gasteiger partial charge >= 0.3 is 0 Å². The number of hydrogen-bond donors (Lipinski definition) is 2. The van der Waals surface area contributed by atoms with Crippen LogP contribution in [0.3, 0.4) is 0 Å². The van der Waals surface area contributed by atoms with Crippen LogP contribution in [0.25, 0.3) is 0 Å². The first kappa shape index (κ1) is 16.2. The molecule has 0 amide bonds. The second-order valence-corrected chi connectivity index (χ2v) is 7.00. The average Bonchev–Trinajstić information content (AvgIpc) is 3.28. The van der Waals surface area contributed by atoms with Gasteiger partial charge in [0.15, 0.2) is 5.96 Å². The zero-order valence-corrected chi connectivity index (χ0v) is 14.5. The van der Waals surface area contributed by atoms with Gasteiger partial charge in [-0.15, -0.1) is 0 Å². The van der Waals surface area contributed by atoms with Crippen LogP contribution in [0.2, 0.25) is 0 Å². The van der Waals surface area contributed by atoms with E-state index in [2.05, 4.69) is 51.7 Å². The molecule has 3 rings (SSSR count). The number of hydrogen-bond acceptors (Lipinski definition) is 2. The van der Waals surface area contributed by atoms with E-state index in [0.717, 1.165) is 37.9 Å². The fourth-order valence-electron chi connectivity index (χ4n) is 3.26. The van der Waals surface area contributed by atoms with Crippen molar-refractivity contribution in [2.75, 3.05) is 31.6 Å². The van der Waals surface area contributed by atoms with Gasteiger partial charge in [0, 0.05) is 38.4 Å². The number of nitrogens with one attached hydrogen (secondary N) is 2. The van der Waals surface area contributed by atoms with E-state index in [4.69, 9.17) is 0 Å². The van der Waals surface area contributed by atoms with Crippen molar-refractivity contribution in [2.45, 2.75) is 45.1 Å². The van der Waals surface area contributed by atoms with Crippen LogP contribution < -0.4 is 15.5 Å². The maximum absolute atomic E-state index is 4.37. The smallest absolute Gasteiger partial charge is 0.191 e. The second-order valence-electron chi connectivity index (χ2n) is 7.00. The normalized spacial score (nSPS) is 21.6. The highest BCUT2D eigenvalue weighted by Crippen LogP contribution is 2.33. The first-order valence-corrected chi connectivity index (χ1v) is 9.03. The summed E-state index contributed by atoms with van der Waals surface area (Å²) >= 11 is 0. The molecular weight excluding hydrogens is 284 g/mol. The van der Waals surface area contributed by atoms with Gasteiger partial charge in [0.2, 0.25) is 0 Å². The number of benzene rings is 1. The molecule has 4 nitrogen and oxygen atoms in total. The van der Waals surface area contributed by atoms with E-state index in [1.54, 1.807) is 0 Å². The van der Waals surface area contributed by atoms with Crippen LogP contribution in [-0.4, -0.2) is 38.7 Å². The minimum absolute atomic E-state index is 0.478. The molecule has 1 saturated carbocycles. The molecule has 1 aromatic rings. The lowest BCUT2D eigenvalue weighted by molar-refractivity contribution is 0.620. The molecule has 1 aliphatic heterocycles. The van der Waals surface area contributed by atoms with E-state index < -0.39 is 0 Å². The highest BCUT2D eigenvalue weighted by Gasteiger charge is 2.23. The summed E-state index contributed by atoms with van der Waals surface area (Å²) in [6, 6.07) is 9.31. The first-order chi connectivity index (χ1) is 11.2. The Bertz CT molecular complexity index is 519. The first-order valence-electron chi connectivity index (χ1n) is 9.03. The van der Waals surface area contributed by atoms with E-state index in [0.29, 0.717) is 6.04 Å². The van der Waals surface area contributed by atoms with Crippen molar-refractivity contribution in [3.63, 3.8) is 0 Å². The van der Waals surface area contributed by atoms with Crippen LogP contribution in [0.1, 0.15) is 37.7 Å². The summed E-state index contributed by atoms with van der Waals surface area (Å²) in [5.41, 5.74) is 2.64. The molecule has 1 unspecified atom stereocenters. The zero-order chi connectivity index (χ0) is 16.1. The third-order valence-corrected chi connectivity index (χ3v) is 4.93. The Morgan fingerprint density at radius 3 is 2.70 bits per heavy atom. The standard InChI is InChI=1S/C19H30N4/c1-15-5-9-18(10-6-15)23-13-11-17(14-23)22-19(20-2)21-12-3-4-16-7-8-16/h5-6,9-10,16-17H,3-4,7-8,11-14H2,1-2H3,(H2,20,21,22). The van der Waals surface area contributed by atoms with E-state index in [9.17, 15) is 0 Å². The molecule has 1 atom stereocenters. The van der Waals surface area contributed by atoms with Gasteiger partial charge in [-0.2, -0.15) is 0 Å². The predicted molar refractivity (Wildman–Crippen MR) is 98.3 cm³/mol. The number of guanidine groups is 1. The van der Waals surface area contributed by atoms with Gasteiger partial charge in [-0.05, 0) is 44.2 Å². The molecule has 0 spiro atoms. The van der Waals surface area contributed by atoms with Crippen molar-refractivity contribution in [2.24, 2.45) is 10.9 Å². The van der Waals surface area contributed by atoms with Crippen molar-refractivity contribution in [1.82, 2.24) is 10.6 Å². The van der Waals surface area contributed by atoms with Crippen LogP contribution in [-0.2, 0) is 0 Å². The second kappa shape index (κ2) is 7.71. The van der Waals surface area contributed by atoms with Gasteiger partial charge in [-0.25, -0.2) is 0 Å². The summed E-state index contributed by atoms with van der Waals surface area (Å²) in [5.74, 6) is 1.97. The van der Waals surface area contributed by atoms with Crippen molar-refractivity contribution in [1.29, 1.82) is 0 Å². The lowest BCUT2D eigenvalue weighted by Crippen LogP contribution is -2.44. The van der Waals surface area contributed by atoms with Gasteiger partial charge in [0.1, 0.15) is 0 Å². The molecule has 126 valence electrons. The quantitative estimate of drug-likeness (QED) is 0.482. The lowest BCUT2D eigenvalue weighted by atomic mass is 10.2. The molecule has 1 aromatic carbocycles. The monoisotopic (exact) mass is 314 g/mol. The van der Waals surface area contributed by atoms with Crippen LogP contribution >= 0.6 is 0 Å². The van der Waals surface area contributed by atoms with Crippen molar-refractivity contribution < 1.29 is 0 Å². The highest BCUT2D eigenvalue weighted by molar-refractivity contribution is 5.80. The highest BCUT2D eigenvalue weighted by atomic mass is 15.2. The molecule has 4 heteroatoms. The Labute approximate surface area is 140 Å². The molecule has 0 bridgehead atoms. The van der Waals surface area contributed by atoms with Crippen LogP contribution in [0.15, 0.2) is 29.3 Å². The molecule has 0 aromatic heterocycles. The fourth-order valence-corrected chi connectivity index (χ4v) is 3.26. The minimum atomic E-state index is 0.478. The molecule has 23 heavy (non-hydrogen) atoms. The van der Waals surface area contributed by atoms with E-state index in [1.807, 2.05) is 7.05 Å². The Balaban J connectivity index is 1.41. The Kier molecular flexibility index (Phi) is 5.42. The van der Waals surface area contributed by atoms with E-state index in [-0.39, 0.29) is 0 Å². The maximum atomic E-state index is 4.37. The van der Waals surface area contributed by atoms with Crippen molar-refractivity contribution in [3.05, 3.63) is 29.8 Å². The van der Waals surface area contributed by atoms with Crippen LogP contribution in [0.4, 0.5) is 5.69 Å². The molecule has 2 aliphatic rings. The Hall–Kier alpha value is -1.71. The van der Waals surface area contributed by atoms with Gasteiger partial charge in [0.05, 0.1) is 0 Å². The zero-order valence-electron chi connectivity index (χ0n) is 14.5. The maximum Gasteiger partial charge on any atom is 0.191 e. The molecule has 2 fully saturated rings. The van der Waals surface area contributed by atoms with Crippen LogP contribution in [0, 0.1) is 12.8 Å². The molecule has 2 N–H and O–H groups in total. The summed E-state index contributed by atoms with van der Waals surface area (Å²) in [7, 11) is 1.86. The van der Waals surface area contributed by atoms with Crippen LogP contribution in [0.5, 0.6) is 0 Å².